The first kappa shape index (κ1) is 13.6. The van der Waals surface area contributed by atoms with E-state index in [2.05, 4.69) is 5.32 Å². The number of benzene rings is 2. The van der Waals surface area contributed by atoms with Gasteiger partial charge in [-0.15, -0.1) is 0 Å². The van der Waals surface area contributed by atoms with Gasteiger partial charge in [0.15, 0.2) is 0 Å². The Balaban J connectivity index is 2.25. The average molecular weight is 278 g/mol. The molecular formula is C15H13ClFNO. The largest absolute Gasteiger partial charge is 0.322 e. The summed E-state index contributed by atoms with van der Waals surface area (Å²) in [4.78, 5) is 12.0. The van der Waals surface area contributed by atoms with Crippen LogP contribution in [0.4, 0.5) is 10.1 Å². The van der Waals surface area contributed by atoms with Crippen LogP contribution in [0.1, 0.15) is 21.5 Å². The van der Waals surface area contributed by atoms with E-state index in [4.69, 9.17) is 11.6 Å². The summed E-state index contributed by atoms with van der Waals surface area (Å²) in [5.41, 5.74) is 2.76. The number of rotatable bonds is 2. The first-order valence-electron chi connectivity index (χ1n) is 5.81. The molecule has 4 heteroatoms. The second-order valence-electron chi connectivity index (χ2n) is 4.38. The zero-order valence-corrected chi connectivity index (χ0v) is 11.4. The first-order chi connectivity index (χ1) is 8.97. The van der Waals surface area contributed by atoms with Gasteiger partial charge in [-0.3, -0.25) is 4.79 Å². The van der Waals surface area contributed by atoms with Crippen LogP contribution < -0.4 is 5.32 Å². The summed E-state index contributed by atoms with van der Waals surface area (Å²) in [6.07, 6.45) is 0. The summed E-state index contributed by atoms with van der Waals surface area (Å²) in [7, 11) is 0. The molecule has 0 saturated carbocycles. The van der Waals surface area contributed by atoms with Gasteiger partial charge in [-0.05, 0) is 55.3 Å². The second kappa shape index (κ2) is 5.41. The van der Waals surface area contributed by atoms with E-state index in [1.54, 1.807) is 6.07 Å². The van der Waals surface area contributed by atoms with Crippen LogP contribution in [0, 0.1) is 19.7 Å². The van der Waals surface area contributed by atoms with Crippen molar-refractivity contribution < 1.29 is 9.18 Å². The highest BCUT2D eigenvalue weighted by Crippen LogP contribution is 2.18. The molecule has 0 saturated heterocycles. The molecule has 98 valence electrons. The first-order valence-corrected chi connectivity index (χ1v) is 6.19. The van der Waals surface area contributed by atoms with Crippen molar-refractivity contribution in [2.45, 2.75) is 13.8 Å². The van der Waals surface area contributed by atoms with Crippen LogP contribution >= 0.6 is 11.6 Å². The molecule has 0 unspecified atom stereocenters. The Hall–Kier alpha value is -1.87. The van der Waals surface area contributed by atoms with E-state index in [1.807, 2.05) is 26.0 Å². The highest BCUT2D eigenvalue weighted by Gasteiger charge is 2.12. The minimum absolute atomic E-state index is 0.0641. The van der Waals surface area contributed by atoms with E-state index in [0.717, 1.165) is 11.1 Å². The van der Waals surface area contributed by atoms with E-state index < -0.39 is 11.7 Å². The van der Waals surface area contributed by atoms with Gasteiger partial charge >= 0.3 is 0 Å². The summed E-state index contributed by atoms with van der Waals surface area (Å²) in [6.45, 7) is 3.93. The third-order valence-corrected chi connectivity index (χ3v) is 3.17. The lowest BCUT2D eigenvalue weighted by atomic mass is 10.1. The molecule has 0 heterocycles. The van der Waals surface area contributed by atoms with Crippen LogP contribution in [0.3, 0.4) is 0 Å². The molecule has 0 aliphatic rings. The minimum atomic E-state index is -0.592. The lowest BCUT2D eigenvalue weighted by Gasteiger charge is -2.08. The van der Waals surface area contributed by atoms with Gasteiger partial charge in [-0.2, -0.15) is 0 Å². The Bertz CT molecular complexity index is 640. The molecule has 0 fully saturated rings. The highest BCUT2D eigenvalue weighted by molar-refractivity contribution is 6.31. The minimum Gasteiger partial charge on any atom is -0.322 e. The molecule has 2 aromatic rings. The molecule has 2 rings (SSSR count). The summed E-state index contributed by atoms with van der Waals surface area (Å²) in [6, 6.07) is 9.42. The normalized spacial score (nSPS) is 10.3. The molecule has 0 aliphatic heterocycles. The molecule has 0 bridgehead atoms. The number of nitrogens with one attached hydrogen (secondary N) is 1. The van der Waals surface area contributed by atoms with Crippen molar-refractivity contribution in [3.63, 3.8) is 0 Å². The van der Waals surface area contributed by atoms with Gasteiger partial charge in [0.2, 0.25) is 0 Å². The molecule has 0 radical (unpaired) electrons. The molecule has 1 N–H and O–H groups in total. The van der Waals surface area contributed by atoms with Crippen molar-refractivity contribution in [2.75, 3.05) is 5.32 Å². The van der Waals surface area contributed by atoms with Crippen LogP contribution in [0.25, 0.3) is 0 Å². The fourth-order valence-electron chi connectivity index (χ4n) is 1.69. The van der Waals surface area contributed by atoms with Crippen LogP contribution in [0.5, 0.6) is 0 Å². The number of anilines is 1. The quantitative estimate of drug-likeness (QED) is 0.869. The van der Waals surface area contributed by atoms with E-state index >= 15 is 0 Å². The van der Waals surface area contributed by atoms with Gasteiger partial charge in [0.25, 0.3) is 5.91 Å². The van der Waals surface area contributed by atoms with E-state index in [1.165, 1.54) is 18.2 Å². The second-order valence-corrected chi connectivity index (χ2v) is 4.81. The van der Waals surface area contributed by atoms with Gasteiger partial charge in [0.1, 0.15) is 5.82 Å². The third-order valence-electron chi connectivity index (χ3n) is 2.94. The summed E-state index contributed by atoms with van der Waals surface area (Å²) in [5, 5.41) is 2.98. The summed E-state index contributed by atoms with van der Waals surface area (Å²) >= 11 is 5.76. The standard InChI is InChI=1S/C15H13ClFNO/c1-9-3-5-12(7-10(9)2)18-15(19)13-8-11(16)4-6-14(13)17/h3-8H,1-2H3,(H,18,19). The van der Waals surface area contributed by atoms with Gasteiger partial charge in [-0.25, -0.2) is 4.39 Å². The molecule has 19 heavy (non-hydrogen) atoms. The van der Waals surface area contributed by atoms with Crippen molar-refractivity contribution in [3.05, 3.63) is 63.9 Å². The highest BCUT2D eigenvalue weighted by atomic mass is 35.5. The molecule has 2 aromatic carbocycles. The lowest BCUT2D eigenvalue weighted by molar-refractivity contribution is 0.102. The van der Waals surface area contributed by atoms with Crippen molar-refractivity contribution >= 4 is 23.2 Å². The van der Waals surface area contributed by atoms with Crippen LogP contribution in [0.15, 0.2) is 36.4 Å². The summed E-state index contributed by atoms with van der Waals surface area (Å²) < 4.78 is 13.5. The maximum absolute atomic E-state index is 13.5. The van der Waals surface area contributed by atoms with Gasteiger partial charge in [-0.1, -0.05) is 17.7 Å². The number of carbonyl (C=O) groups excluding carboxylic acids is 1. The Morgan fingerprint density at radius 2 is 1.84 bits per heavy atom. The molecule has 0 atom stereocenters. The molecule has 1 amide bonds. The zero-order valence-electron chi connectivity index (χ0n) is 10.6. The Morgan fingerprint density at radius 3 is 2.53 bits per heavy atom. The topological polar surface area (TPSA) is 29.1 Å². The molecule has 0 spiro atoms. The SMILES string of the molecule is Cc1ccc(NC(=O)c2cc(Cl)ccc2F)cc1C. The van der Waals surface area contributed by atoms with Crippen LogP contribution in [-0.4, -0.2) is 5.91 Å². The lowest BCUT2D eigenvalue weighted by Crippen LogP contribution is -2.13. The van der Waals surface area contributed by atoms with E-state index in [-0.39, 0.29) is 5.56 Å². The van der Waals surface area contributed by atoms with E-state index in [0.29, 0.717) is 10.7 Å². The zero-order chi connectivity index (χ0) is 14.0. The van der Waals surface area contributed by atoms with Crippen molar-refractivity contribution in [1.82, 2.24) is 0 Å². The van der Waals surface area contributed by atoms with Crippen LogP contribution in [0.2, 0.25) is 5.02 Å². The number of halogens is 2. The predicted molar refractivity (Wildman–Crippen MR) is 75.3 cm³/mol. The monoisotopic (exact) mass is 277 g/mol. The van der Waals surface area contributed by atoms with Crippen LogP contribution in [-0.2, 0) is 0 Å². The fourth-order valence-corrected chi connectivity index (χ4v) is 1.86. The maximum atomic E-state index is 13.5. The van der Waals surface area contributed by atoms with E-state index in [9.17, 15) is 9.18 Å². The van der Waals surface area contributed by atoms with Crippen molar-refractivity contribution in [3.8, 4) is 0 Å². The number of amides is 1. The molecule has 0 aromatic heterocycles. The van der Waals surface area contributed by atoms with Crippen molar-refractivity contribution in [2.24, 2.45) is 0 Å². The molecule has 0 aliphatic carbocycles. The molecule has 2 nitrogen and oxygen atoms in total. The molecular weight excluding hydrogens is 265 g/mol. The number of hydrogen-bond donors (Lipinski definition) is 1. The van der Waals surface area contributed by atoms with Gasteiger partial charge in [0, 0.05) is 10.7 Å². The number of hydrogen-bond acceptors (Lipinski definition) is 1. The Kier molecular flexibility index (Phi) is 3.86. The maximum Gasteiger partial charge on any atom is 0.258 e. The third kappa shape index (κ3) is 3.12. The fraction of sp³-hybridized carbons (Fsp3) is 0.133. The number of carbonyl (C=O) groups is 1. The van der Waals surface area contributed by atoms with Gasteiger partial charge < -0.3 is 5.32 Å². The Morgan fingerprint density at radius 1 is 1.11 bits per heavy atom. The average Bonchev–Trinajstić information content (AvgIpc) is 2.36. The smallest absolute Gasteiger partial charge is 0.258 e. The Labute approximate surface area is 116 Å². The van der Waals surface area contributed by atoms with Gasteiger partial charge in [0.05, 0.1) is 5.56 Å². The summed E-state index contributed by atoms with van der Waals surface area (Å²) in [5.74, 6) is -1.10. The number of aryl methyl sites for hydroxylation is 2. The van der Waals surface area contributed by atoms with Crippen molar-refractivity contribution in [1.29, 1.82) is 0 Å². The predicted octanol–water partition coefficient (Wildman–Crippen LogP) is 4.35.